The SMILES string of the molecule is c1ccc(-c2nc(-c3ccc4ccc5c6ccccc6ccc5c4c3)nc(-n3c4ccccc4c4ccccc43)n2)cc1.c1ccc(-c2nc(-c3ccc4oc5ccccc5c4c3)nc(-c3c(-c4ccc5ccc6c7ccccc7ccc6c5c4)ccc4ccccc34)n2)cc1.c1ccc(-c2nc(-c3ccc4oc5ccccc5c4c3)nc(-c3cc4ccccc4cc3-c3ccc4ccc5c6ccccc6ccc5c4c3)n2)cc1. The van der Waals surface area contributed by atoms with Gasteiger partial charge in [-0.2, -0.15) is 9.97 Å². The maximum Gasteiger partial charge on any atom is 0.238 e. The molecule has 0 aliphatic heterocycles. The van der Waals surface area contributed by atoms with Crippen LogP contribution in [-0.2, 0) is 0 Å². The van der Waals surface area contributed by atoms with Crippen LogP contribution in [0.4, 0.5) is 0 Å². The van der Waals surface area contributed by atoms with Crippen molar-refractivity contribution in [3.8, 4) is 119 Å². The molecule has 31 aromatic rings. The lowest BCUT2D eigenvalue weighted by molar-refractivity contribution is 0.668. The Labute approximate surface area is 853 Å². The molecule has 0 saturated carbocycles. The van der Waals surface area contributed by atoms with Gasteiger partial charge < -0.3 is 8.83 Å². The summed E-state index contributed by atoms with van der Waals surface area (Å²) in [6.45, 7) is 0. The van der Waals surface area contributed by atoms with Crippen molar-refractivity contribution in [2.24, 2.45) is 0 Å². The van der Waals surface area contributed by atoms with Crippen LogP contribution in [0.15, 0.2) is 506 Å². The molecule has 6 aromatic heterocycles. The van der Waals surface area contributed by atoms with E-state index < -0.39 is 0 Å². The summed E-state index contributed by atoms with van der Waals surface area (Å²) in [6, 6.07) is 175. The van der Waals surface area contributed by atoms with Gasteiger partial charge in [0, 0.05) is 76.8 Å². The van der Waals surface area contributed by atoms with Gasteiger partial charge in [0.05, 0.1) is 11.0 Å². The molecule has 692 valence electrons. The fourth-order valence-corrected chi connectivity index (χ4v) is 22.2. The van der Waals surface area contributed by atoms with Gasteiger partial charge in [-0.15, -0.1) is 0 Å². The quantitative estimate of drug-likeness (QED) is 0.114. The Bertz CT molecular complexity index is 10700. The molecule has 0 N–H and O–H groups in total. The zero-order valence-corrected chi connectivity index (χ0v) is 80.1. The van der Waals surface area contributed by atoms with Gasteiger partial charge in [0.1, 0.15) is 22.3 Å². The largest absolute Gasteiger partial charge is 0.456 e. The number of nitrogens with zero attached hydrogens (tertiary/aromatic N) is 10. The minimum atomic E-state index is 0.602. The number of furan rings is 2. The first kappa shape index (κ1) is 85.6. The molecule has 6 heterocycles. The average Bonchev–Trinajstić information content (AvgIpc) is 1.55. The molecule has 25 aromatic carbocycles. The van der Waals surface area contributed by atoms with Gasteiger partial charge in [-0.25, -0.2) is 34.9 Å². The minimum absolute atomic E-state index is 0.602. The smallest absolute Gasteiger partial charge is 0.238 e. The Morgan fingerprint density at radius 2 is 0.403 bits per heavy atom. The molecular weight excluding hydrogens is 1820 g/mol. The molecule has 0 saturated heterocycles. The molecule has 0 spiro atoms. The molecule has 0 atom stereocenters. The normalized spacial score (nSPS) is 11.8. The predicted octanol–water partition coefficient (Wildman–Crippen LogP) is 35.9. The number of aromatic nitrogens is 10. The van der Waals surface area contributed by atoms with Gasteiger partial charge in [0.25, 0.3) is 0 Å². The average molecular weight is 1900 g/mol. The van der Waals surface area contributed by atoms with E-state index >= 15 is 0 Å². The fraction of sp³-hybridized carbons (Fsp3) is 0. The number of rotatable bonds is 11. The molecule has 149 heavy (non-hydrogen) atoms. The summed E-state index contributed by atoms with van der Waals surface area (Å²) in [5.74, 6) is 5.60. The van der Waals surface area contributed by atoms with Gasteiger partial charge in [-0.3, -0.25) is 4.57 Å². The third kappa shape index (κ3) is 15.0. The predicted molar refractivity (Wildman–Crippen MR) is 615 cm³/mol. The van der Waals surface area contributed by atoms with E-state index in [4.69, 9.17) is 53.7 Å². The highest BCUT2D eigenvalue weighted by molar-refractivity contribution is 6.22. The molecule has 0 fully saturated rings. The summed E-state index contributed by atoms with van der Waals surface area (Å²) in [5, 5.41) is 33.2. The highest BCUT2D eigenvalue weighted by atomic mass is 16.3. The van der Waals surface area contributed by atoms with E-state index in [2.05, 4.69) is 375 Å². The van der Waals surface area contributed by atoms with Gasteiger partial charge in [-0.1, -0.05) is 406 Å². The number of fused-ring (bicyclic) bond motifs is 26. The van der Waals surface area contributed by atoms with Crippen LogP contribution in [-0.4, -0.2) is 49.4 Å². The monoisotopic (exact) mass is 1900 g/mol. The Balaban J connectivity index is 0.000000106. The zero-order valence-electron chi connectivity index (χ0n) is 80.1. The van der Waals surface area contributed by atoms with E-state index in [1.807, 2.05) is 127 Å². The van der Waals surface area contributed by atoms with Crippen molar-refractivity contribution in [1.82, 2.24) is 49.4 Å². The van der Waals surface area contributed by atoms with Crippen LogP contribution in [0.5, 0.6) is 0 Å². The first-order valence-corrected chi connectivity index (χ1v) is 50.2. The first-order valence-electron chi connectivity index (χ1n) is 50.2. The maximum absolute atomic E-state index is 6.17. The molecule has 0 aliphatic carbocycles. The Morgan fingerprint density at radius 1 is 0.134 bits per heavy atom. The molecular formula is C137H82N10O2. The van der Waals surface area contributed by atoms with Gasteiger partial charge in [0.2, 0.25) is 5.95 Å². The molecule has 0 amide bonds. The van der Waals surface area contributed by atoms with Crippen molar-refractivity contribution in [3.05, 3.63) is 497 Å². The summed E-state index contributed by atoms with van der Waals surface area (Å²) in [6.07, 6.45) is 0. The van der Waals surface area contributed by atoms with Gasteiger partial charge in [-0.05, 0) is 232 Å². The summed E-state index contributed by atoms with van der Waals surface area (Å²) >= 11 is 0. The van der Waals surface area contributed by atoms with Crippen LogP contribution < -0.4 is 0 Å². The Hall–Kier alpha value is -20.2. The maximum atomic E-state index is 6.17. The van der Waals surface area contributed by atoms with Crippen LogP contribution in [0, 0.1) is 0 Å². The first-order chi connectivity index (χ1) is 73.8. The van der Waals surface area contributed by atoms with Crippen molar-refractivity contribution in [3.63, 3.8) is 0 Å². The minimum Gasteiger partial charge on any atom is -0.456 e. The highest BCUT2D eigenvalue weighted by Crippen LogP contribution is 2.47. The molecule has 0 unspecified atom stereocenters. The number of hydrogen-bond acceptors (Lipinski definition) is 11. The van der Waals surface area contributed by atoms with E-state index in [0.717, 1.165) is 143 Å². The van der Waals surface area contributed by atoms with Crippen molar-refractivity contribution in [1.29, 1.82) is 0 Å². The van der Waals surface area contributed by atoms with Crippen LogP contribution in [0.2, 0.25) is 0 Å². The molecule has 0 radical (unpaired) electrons. The fourth-order valence-electron chi connectivity index (χ4n) is 22.2. The number of para-hydroxylation sites is 4. The van der Waals surface area contributed by atoms with E-state index in [0.29, 0.717) is 52.5 Å². The summed E-state index contributed by atoms with van der Waals surface area (Å²) in [5.41, 5.74) is 17.3. The van der Waals surface area contributed by atoms with Crippen molar-refractivity contribution in [2.75, 3.05) is 0 Å². The van der Waals surface area contributed by atoms with Gasteiger partial charge >= 0.3 is 0 Å². The second kappa shape index (κ2) is 35.4. The van der Waals surface area contributed by atoms with Crippen LogP contribution in [0.25, 0.3) is 303 Å². The van der Waals surface area contributed by atoms with E-state index in [-0.39, 0.29) is 0 Å². The van der Waals surface area contributed by atoms with Crippen LogP contribution in [0.3, 0.4) is 0 Å². The Kier molecular flexibility index (Phi) is 20.3. The van der Waals surface area contributed by atoms with E-state index in [1.165, 1.54) is 108 Å². The van der Waals surface area contributed by atoms with E-state index in [1.54, 1.807) is 0 Å². The number of benzene rings is 25. The van der Waals surface area contributed by atoms with Crippen molar-refractivity contribution >= 4 is 184 Å². The second-order valence-electron chi connectivity index (χ2n) is 38.1. The second-order valence-corrected chi connectivity index (χ2v) is 38.1. The molecule has 31 rings (SSSR count). The van der Waals surface area contributed by atoms with Crippen molar-refractivity contribution in [2.45, 2.75) is 0 Å². The molecule has 0 bridgehead atoms. The molecule has 0 aliphatic rings. The lowest BCUT2D eigenvalue weighted by Gasteiger charge is -2.16. The lowest BCUT2D eigenvalue weighted by Crippen LogP contribution is -2.06. The summed E-state index contributed by atoms with van der Waals surface area (Å²) in [7, 11) is 0. The number of hydrogen-bond donors (Lipinski definition) is 0. The third-order valence-electron chi connectivity index (χ3n) is 29.4. The van der Waals surface area contributed by atoms with E-state index in [9.17, 15) is 0 Å². The lowest BCUT2D eigenvalue weighted by atomic mass is 9.90. The van der Waals surface area contributed by atoms with Crippen LogP contribution >= 0.6 is 0 Å². The topological polar surface area (TPSA) is 147 Å². The standard InChI is InChI=1S/2C49H29N3O.C39H24N4/c1-2-12-33(13-3-1)47-50-48(35-23-27-45-43(29-35)41-16-8-9-17-44(41)53-45)52-49(51-47)46-37-15-7-5-11-31(37)20-24-38(46)34-19-18-32-22-25-39-36-14-6-4-10-30(36)21-26-40(39)42(32)28-34;1-2-11-32(12-3-1)47-50-48(36-22-25-46-43(29-36)40-16-8-9-17-45(40)53-46)52-49(51-47)44-27-34-14-5-4-13-33(34)26-42(44)35-19-18-31-21-23-38-37-15-7-6-10-30(37)20-24-39(38)41(31)28-35;1-2-11-27(12-3-1)37-40-38(42-39(41-37)43-35-16-8-6-14-32(35)33-15-7-9-17-36(33)43)28-19-18-26-21-22-30-29-13-5-4-10-25(29)20-23-31(30)34(26)24-28/h2*1-29H;1-24H. The summed E-state index contributed by atoms with van der Waals surface area (Å²) in [4.78, 5) is 46.4. The van der Waals surface area contributed by atoms with Gasteiger partial charge in [0.15, 0.2) is 46.6 Å². The van der Waals surface area contributed by atoms with Crippen molar-refractivity contribution < 1.29 is 8.83 Å². The zero-order chi connectivity index (χ0) is 98.1. The third-order valence-corrected chi connectivity index (χ3v) is 29.4. The highest BCUT2D eigenvalue weighted by Gasteiger charge is 2.26. The Morgan fingerprint density at radius 3 is 0.839 bits per heavy atom. The van der Waals surface area contributed by atoms with Crippen LogP contribution in [0.1, 0.15) is 0 Å². The molecule has 12 heteroatoms. The summed E-state index contributed by atoms with van der Waals surface area (Å²) < 4.78 is 14.5. The molecule has 12 nitrogen and oxygen atoms in total.